The van der Waals surface area contributed by atoms with E-state index in [0.717, 1.165) is 38.7 Å². The molecular weight excluding hydrogens is 434 g/mol. The average molecular weight is 466 g/mol. The van der Waals surface area contributed by atoms with Gasteiger partial charge in [0.1, 0.15) is 5.75 Å². The third-order valence-corrected chi connectivity index (χ3v) is 7.26. The highest BCUT2D eigenvalue weighted by molar-refractivity contribution is 7.93. The topological polar surface area (TPSA) is 63.7 Å². The maximum atomic E-state index is 13.5. The minimum Gasteiger partial charge on any atom is -0.493 e. The van der Waals surface area contributed by atoms with Crippen molar-refractivity contribution < 1.29 is 17.9 Å². The van der Waals surface area contributed by atoms with Gasteiger partial charge >= 0.3 is 0 Å². The number of carbonyl (C=O) groups is 1. The monoisotopic (exact) mass is 465 g/mol. The van der Waals surface area contributed by atoms with Crippen molar-refractivity contribution in [3.05, 3.63) is 89.0 Å². The van der Waals surface area contributed by atoms with E-state index in [1.165, 1.54) is 12.1 Å². The molecule has 174 valence electrons. The van der Waals surface area contributed by atoms with Crippen LogP contribution < -0.4 is 9.04 Å². The van der Waals surface area contributed by atoms with Crippen molar-refractivity contribution in [2.75, 3.05) is 10.9 Å². The van der Waals surface area contributed by atoms with Crippen LogP contribution in [0.1, 0.15) is 42.0 Å². The van der Waals surface area contributed by atoms with Crippen molar-refractivity contribution >= 4 is 21.6 Å². The quantitative estimate of drug-likeness (QED) is 0.377. The Morgan fingerprint density at radius 2 is 1.52 bits per heavy atom. The summed E-state index contributed by atoms with van der Waals surface area (Å²) in [5, 5.41) is 0. The fourth-order valence-electron chi connectivity index (χ4n) is 3.47. The Bertz CT molecular complexity index is 1200. The molecule has 0 unspecified atom stereocenters. The van der Waals surface area contributed by atoms with E-state index < -0.39 is 15.9 Å². The molecule has 3 aromatic carbocycles. The Labute approximate surface area is 197 Å². The lowest BCUT2D eigenvalue weighted by Crippen LogP contribution is -2.37. The van der Waals surface area contributed by atoms with E-state index in [1.807, 2.05) is 58.0 Å². The summed E-state index contributed by atoms with van der Waals surface area (Å²) in [6.07, 6.45) is 1.28. The second-order valence-electron chi connectivity index (χ2n) is 8.22. The maximum absolute atomic E-state index is 13.5. The molecule has 33 heavy (non-hydrogen) atoms. The molecular formula is C27H31NO4S. The van der Waals surface area contributed by atoms with Gasteiger partial charge in [-0.3, -0.25) is 4.79 Å². The summed E-state index contributed by atoms with van der Waals surface area (Å²) in [5.41, 5.74) is 4.47. The number of hydrogen-bond donors (Lipinski definition) is 0. The molecule has 0 fully saturated rings. The molecule has 0 bridgehead atoms. The number of amides is 1. The molecule has 1 amide bonds. The van der Waals surface area contributed by atoms with Crippen molar-refractivity contribution in [2.24, 2.45) is 0 Å². The lowest BCUT2D eigenvalue weighted by Gasteiger charge is -2.23. The van der Waals surface area contributed by atoms with Crippen LogP contribution in [0.15, 0.2) is 71.6 Å². The molecule has 0 N–H and O–H groups in total. The number of benzene rings is 3. The van der Waals surface area contributed by atoms with Crippen LogP contribution in [0.4, 0.5) is 5.69 Å². The summed E-state index contributed by atoms with van der Waals surface area (Å²) in [7, 11) is -4.05. The number of ether oxygens (including phenoxy) is 1. The first kappa shape index (κ1) is 24.5. The standard InChI is InChI=1S/C27H31NO4S/c1-5-23-12-14-24(15-13-23)28(33(30,31)25-16-9-20(2)10-17-25)27(29)7-6-18-32-26-19-21(3)8-11-22(26)4/h8-17,19H,5-7,18H2,1-4H3. The van der Waals surface area contributed by atoms with Crippen LogP contribution in [-0.2, 0) is 21.2 Å². The predicted octanol–water partition coefficient (Wildman–Crippen LogP) is 5.76. The van der Waals surface area contributed by atoms with Crippen LogP contribution >= 0.6 is 0 Å². The Kier molecular flexibility index (Phi) is 7.92. The highest BCUT2D eigenvalue weighted by Gasteiger charge is 2.30. The van der Waals surface area contributed by atoms with E-state index in [4.69, 9.17) is 4.74 Å². The Morgan fingerprint density at radius 1 is 0.879 bits per heavy atom. The van der Waals surface area contributed by atoms with Gasteiger partial charge in [0.05, 0.1) is 17.2 Å². The van der Waals surface area contributed by atoms with Gasteiger partial charge in [-0.2, -0.15) is 0 Å². The largest absolute Gasteiger partial charge is 0.493 e. The van der Waals surface area contributed by atoms with Gasteiger partial charge in [-0.15, -0.1) is 0 Å². The third kappa shape index (κ3) is 6.02. The molecule has 0 heterocycles. The van der Waals surface area contributed by atoms with Crippen LogP contribution in [0.2, 0.25) is 0 Å². The minimum atomic E-state index is -4.05. The zero-order valence-corrected chi connectivity index (χ0v) is 20.5. The Morgan fingerprint density at radius 3 is 2.15 bits per heavy atom. The van der Waals surface area contributed by atoms with Gasteiger partial charge in [0.25, 0.3) is 10.0 Å². The van der Waals surface area contributed by atoms with Crippen molar-refractivity contribution in [2.45, 2.75) is 51.9 Å². The van der Waals surface area contributed by atoms with Crippen molar-refractivity contribution in [1.29, 1.82) is 0 Å². The van der Waals surface area contributed by atoms with Crippen molar-refractivity contribution in [1.82, 2.24) is 0 Å². The molecule has 0 spiro atoms. The van der Waals surface area contributed by atoms with Crippen molar-refractivity contribution in [3.63, 3.8) is 0 Å². The van der Waals surface area contributed by atoms with Gasteiger partial charge in [0.2, 0.25) is 5.91 Å². The van der Waals surface area contributed by atoms with Crippen LogP contribution in [0.5, 0.6) is 5.75 Å². The maximum Gasteiger partial charge on any atom is 0.270 e. The van der Waals surface area contributed by atoms with E-state index in [0.29, 0.717) is 18.7 Å². The van der Waals surface area contributed by atoms with Crippen LogP contribution in [0.25, 0.3) is 0 Å². The number of anilines is 1. The first-order valence-corrected chi connectivity index (χ1v) is 12.6. The molecule has 0 aliphatic heterocycles. The second-order valence-corrected chi connectivity index (χ2v) is 10.0. The molecule has 0 atom stereocenters. The number of aryl methyl sites for hydroxylation is 4. The lowest BCUT2D eigenvalue weighted by molar-refractivity contribution is -0.117. The molecule has 3 rings (SSSR count). The second kappa shape index (κ2) is 10.7. The van der Waals surface area contributed by atoms with Gasteiger partial charge in [0.15, 0.2) is 0 Å². The van der Waals surface area contributed by atoms with Crippen LogP contribution in [0, 0.1) is 20.8 Å². The first-order valence-electron chi connectivity index (χ1n) is 11.2. The van der Waals surface area contributed by atoms with Gasteiger partial charge < -0.3 is 4.74 Å². The van der Waals surface area contributed by atoms with Gasteiger partial charge in [-0.25, -0.2) is 12.7 Å². The number of carbonyl (C=O) groups excluding carboxylic acids is 1. The van der Waals surface area contributed by atoms with E-state index in [-0.39, 0.29) is 11.3 Å². The molecule has 3 aromatic rings. The minimum absolute atomic E-state index is 0.0471. The molecule has 0 saturated carbocycles. The summed E-state index contributed by atoms with van der Waals surface area (Å²) < 4.78 is 33.7. The number of rotatable bonds is 9. The van der Waals surface area contributed by atoms with Gasteiger partial charge in [0, 0.05) is 6.42 Å². The number of nitrogens with zero attached hydrogens (tertiary/aromatic N) is 1. The summed E-state index contributed by atoms with van der Waals surface area (Å²) in [6.45, 7) is 8.20. The normalized spacial score (nSPS) is 11.3. The zero-order chi connectivity index (χ0) is 24.0. The molecule has 0 aliphatic rings. The molecule has 5 nitrogen and oxygen atoms in total. The molecule has 6 heteroatoms. The fourth-order valence-corrected chi connectivity index (χ4v) is 4.92. The smallest absolute Gasteiger partial charge is 0.270 e. The van der Waals surface area contributed by atoms with Gasteiger partial charge in [-0.05, 0) is 80.6 Å². The highest BCUT2D eigenvalue weighted by atomic mass is 32.2. The average Bonchev–Trinajstić information content (AvgIpc) is 2.79. The summed E-state index contributed by atoms with van der Waals surface area (Å²) in [4.78, 5) is 13.3. The highest BCUT2D eigenvalue weighted by Crippen LogP contribution is 2.26. The fraction of sp³-hybridized carbons (Fsp3) is 0.296. The molecule has 0 aromatic heterocycles. The SMILES string of the molecule is CCc1ccc(N(C(=O)CCCOc2cc(C)ccc2C)S(=O)(=O)c2ccc(C)cc2)cc1. The molecule has 0 saturated heterocycles. The van der Waals surface area contributed by atoms with E-state index in [9.17, 15) is 13.2 Å². The lowest BCUT2D eigenvalue weighted by atomic mass is 10.1. The number of hydrogen-bond acceptors (Lipinski definition) is 4. The number of sulfonamides is 1. The van der Waals surface area contributed by atoms with Crippen LogP contribution in [-0.4, -0.2) is 20.9 Å². The summed E-state index contributed by atoms with van der Waals surface area (Å²) in [5.74, 6) is 0.297. The van der Waals surface area contributed by atoms with Gasteiger partial charge in [-0.1, -0.05) is 48.9 Å². The summed E-state index contributed by atoms with van der Waals surface area (Å²) in [6, 6.07) is 19.6. The summed E-state index contributed by atoms with van der Waals surface area (Å²) >= 11 is 0. The van der Waals surface area contributed by atoms with E-state index in [1.54, 1.807) is 24.3 Å². The van der Waals surface area contributed by atoms with Crippen molar-refractivity contribution in [3.8, 4) is 5.75 Å². The first-order chi connectivity index (χ1) is 15.7. The van der Waals surface area contributed by atoms with E-state index >= 15 is 0 Å². The van der Waals surface area contributed by atoms with Crippen LogP contribution in [0.3, 0.4) is 0 Å². The zero-order valence-electron chi connectivity index (χ0n) is 19.7. The molecule has 0 radical (unpaired) electrons. The Hall–Kier alpha value is -3.12. The Balaban J connectivity index is 1.80. The predicted molar refractivity (Wildman–Crippen MR) is 132 cm³/mol. The molecule has 0 aliphatic carbocycles. The third-order valence-electron chi connectivity index (χ3n) is 5.50. The van der Waals surface area contributed by atoms with E-state index in [2.05, 4.69) is 0 Å².